The van der Waals surface area contributed by atoms with Crippen LogP contribution in [-0.2, 0) is 0 Å². The van der Waals surface area contributed by atoms with E-state index in [2.05, 4.69) is 14.5 Å². The van der Waals surface area contributed by atoms with E-state index in [0.717, 1.165) is 0 Å². The summed E-state index contributed by atoms with van der Waals surface area (Å²) in [4.78, 5) is 12.7. The molecular weight excluding hydrogens is 314 g/mol. The molecule has 0 saturated heterocycles. The summed E-state index contributed by atoms with van der Waals surface area (Å²) in [6, 6.07) is 0.482. The molecule has 118 valence electrons. The topological polar surface area (TPSA) is 74.5 Å². The van der Waals surface area contributed by atoms with Crippen molar-refractivity contribution in [1.29, 1.82) is 0 Å². The molecule has 0 aliphatic rings. The van der Waals surface area contributed by atoms with E-state index in [-0.39, 0.29) is 0 Å². The quantitative estimate of drug-likeness (QED) is 0.474. The van der Waals surface area contributed by atoms with Crippen molar-refractivity contribution in [2.75, 3.05) is 13.2 Å². The van der Waals surface area contributed by atoms with Gasteiger partial charge in [0.2, 0.25) is 11.6 Å². The average molecular weight is 320 g/mol. The van der Waals surface area contributed by atoms with Crippen molar-refractivity contribution in [3.05, 3.63) is 22.4 Å². The van der Waals surface area contributed by atoms with Gasteiger partial charge in [0.05, 0.1) is 4.92 Å². The predicted octanol–water partition coefficient (Wildman–Crippen LogP) is 2.87. The van der Waals surface area contributed by atoms with Crippen molar-refractivity contribution < 1.29 is 40.7 Å². The first kappa shape index (κ1) is 16.8. The van der Waals surface area contributed by atoms with Gasteiger partial charge in [0.25, 0.3) is 0 Å². The molecule has 21 heavy (non-hydrogen) atoms. The van der Waals surface area contributed by atoms with Gasteiger partial charge in [-0.1, -0.05) is 0 Å². The molecule has 12 heteroatoms. The molecule has 1 heterocycles. The van der Waals surface area contributed by atoms with Crippen LogP contribution in [0.25, 0.3) is 0 Å². The SMILES string of the molecule is O=[N+]([O-])c1cnc(OCC(F)(F)F)cc1OCC(F)(F)F. The van der Waals surface area contributed by atoms with Crippen molar-refractivity contribution in [2.24, 2.45) is 0 Å². The predicted molar refractivity (Wildman–Crippen MR) is 54.0 cm³/mol. The van der Waals surface area contributed by atoms with Gasteiger partial charge in [-0.15, -0.1) is 0 Å². The fourth-order valence-electron chi connectivity index (χ4n) is 1.06. The minimum atomic E-state index is -4.77. The Morgan fingerprint density at radius 2 is 1.62 bits per heavy atom. The van der Waals surface area contributed by atoms with E-state index in [1.165, 1.54) is 0 Å². The van der Waals surface area contributed by atoms with Crippen LogP contribution in [0.1, 0.15) is 0 Å². The first-order chi connectivity index (χ1) is 9.48. The highest BCUT2D eigenvalue weighted by Gasteiger charge is 2.31. The monoisotopic (exact) mass is 320 g/mol. The molecule has 0 spiro atoms. The third-order valence-electron chi connectivity index (χ3n) is 1.79. The van der Waals surface area contributed by atoms with Gasteiger partial charge in [-0.3, -0.25) is 10.1 Å². The minimum absolute atomic E-state index is 0.442. The molecule has 0 radical (unpaired) electrons. The molecule has 0 N–H and O–H groups in total. The highest BCUT2D eigenvalue weighted by Crippen LogP contribution is 2.31. The fraction of sp³-hybridized carbons (Fsp3) is 0.444. The minimum Gasteiger partial charge on any atom is -0.477 e. The Labute approximate surface area is 112 Å². The van der Waals surface area contributed by atoms with E-state index in [4.69, 9.17) is 0 Å². The zero-order chi connectivity index (χ0) is 16.3. The number of aromatic nitrogens is 1. The number of halogens is 6. The van der Waals surface area contributed by atoms with Crippen LogP contribution in [0.15, 0.2) is 12.3 Å². The van der Waals surface area contributed by atoms with E-state index in [9.17, 15) is 36.5 Å². The second-order valence-corrected chi connectivity index (χ2v) is 3.56. The number of ether oxygens (including phenoxy) is 2. The van der Waals surface area contributed by atoms with Gasteiger partial charge in [0, 0.05) is 6.07 Å². The largest absolute Gasteiger partial charge is 0.477 e. The van der Waals surface area contributed by atoms with E-state index in [0.29, 0.717) is 12.3 Å². The third kappa shape index (κ3) is 6.14. The summed E-state index contributed by atoms with van der Waals surface area (Å²) in [6.07, 6.45) is -9.03. The fourth-order valence-corrected chi connectivity index (χ4v) is 1.06. The van der Waals surface area contributed by atoms with Gasteiger partial charge in [0.1, 0.15) is 6.20 Å². The summed E-state index contributed by atoms with van der Waals surface area (Å²) in [7, 11) is 0. The summed E-state index contributed by atoms with van der Waals surface area (Å²) < 4.78 is 80.0. The summed E-state index contributed by atoms with van der Waals surface area (Å²) >= 11 is 0. The van der Waals surface area contributed by atoms with Crippen molar-refractivity contribution in [3.8, 4) is 11.6 Å². The van der Waals surface area contributed by atoms with Crippen LogP contribution in [0.5, 0.6) is 11.6 Å². The molecule has 6 nitrogen and oxygen atoms in total. The Kier molecular flexibility index (Phi) is 4.80. The third-order valence-corrected chi connectivity index (χ3v) is 1.79. The zero-order valence-electron chi connectivity index (χ0n) is 9.86. The summed E-state index contributed by atoms with van der Waals surface area (Å²) in [5, 5.41) is 10.6. The Morgan fingerprint density at radius 3 is 2.10 bits per heavy atom. The number of alkyl halides is 6. The number of hydrogen-bond acceptors (Lipinski definition) is 5. The van der Waals surface area contributed by atoms with E-state index < -0.39 is 47.8 Å². The van der Waals surface area contributed by atoms with Gasteiger partial charge < -0.3 is 9.47 Å². The van der Waals surface area contributed by atoms with Gasteiger partial charge >= 0.3 is 18.0 Å². The van der Waals surface area contributed by atoms with Gasteiger partial charge in [-0.05, 0) is 0 Å². The highest BCUT2D eigenvalue weighted by molar-refractivity contribution is 5.46. The number of pyridine rings is 1. The van der Waals surface area contributed by atoms with Crippen LogP contribution in [0.4, 0.5) is 32.0 Å². The van der Waals surface area contributed by atoms with Crippen molar-refractivity contribution in [1.82, 2.24) is 4.98 Å². The van der Waals surface area contributed by atoms with Crippen LogP contribution in [0.2, 0.25) is 0 Å². The molecule has 1 aromatic heterocycles. The maximum atomic E-state index is 12.0. The molecule has 0 atom stereocenters. The summed E-state index contributed by atoms with van der Waals surface area (Å²) in [6.45, 7) is -3.60. The number of hydrogen-bond donors (Lipinski definition) is 0. The number of rotatable bonds is 5. The van der Waals surface area contributed by atoms with Gasteiger partial charge in [-0.25, -0.2) is 4.98 Å². The zero-order valence-corrected chi connectivity index (χ0v) is 9.86. The van der Waals surface area contributed by atoms with Crippen LogP contribution in [0, 0.1) is 10.1 Å². The molecule has 0 aliphatic carbocycles. The molecular formula is C9H6F6N2O4. The smallest absolute Gasteiger partial charge is 0.422 e. The van der Waals surface area contributed by atoms with Crippen molar-refractivity contribution in [2.45, 2.75) is 12.4 Å². The molecule has 0 fully saturated rings. The second-order valence-electron chi connectivity index (χ2n) is 3.56. The van der Waals surface area contributed by atoms with Crippen LogP contribution in [-0.4, -0.2) is 35.5 Å². The average Bonchev–Trinajstić information content (AvgIpc) is 2.32. The molecule has 0 aliphatic heterocycles. The number of nitrogens with zero attached hydrogens (tertiary/aromatic N) is 2. The van der Waals surface area contributed by atoms with Gasteiger partial charge in [0.15, 0.2) is 13.2 Å². The molecule has 1 aromatic rings. The maximum absolute atomic E-state index is 12.0. The number of nitro groups is 1. The lowest BCUT2D eigenvalue weighted by molar-refractivity contribution is -0.386. The Hall–Kier alpha value is -2.27. The van der Waals surface area contributed by atoms with Gasteiger partial charge in [-0.2, -0.15) is 26.3 Å². The standard InChI is InChI=1S/C9H6F6N2O4/c10-8(11,12)3-20-6-1-7(21-4-9(13,14)15)16-2-5(6)17(18)19/h1-2H,3-4H2. The Balaban J connectivity index is 2.93. The molecule has 0 amide bonds. The summed E-state index contributed by atoms with van der Waals surface area (Å²) in [5.41, 5.74) is -0.932. The normalized spacial score (nSPS) is 12.1. The Bertz CT molecular complexity index is 516. The first-order valence-electron chi connectivity index (χ1n) is 5.01. The van der Waals surface area contributed by atoms with Crippen LogP contribution >= 0.6 is 0 Å². The Morgan fingerprint density at radius 1 is 1.10 bits per heavy atom. The van der Waals surface area contributed by atoms with E-state index in [1.54, 1.807) is 0 Å². The van der Waals surface area contributed by atoms with Crippen LogP contribution < -0.4 is 9.47 Å². The maximum Gasteiger partial charge on any atom is 0.422 e. The van der Waals surface area contributed by atoms with Crippen LogP contribution in [0.3, 0.4) is 0 Å². The van der Waals surface area contributed by atoms with Crippen molar-refractivity contribution in [3.63, 3.8) is 0 Å². The van der Waals surface area contributed by atoms with E-state index in [1.807, 2.05) is 0 Å². The summed E-state index contributed by atoms with van der Waals surface area (Å²) in [5.74, 6) is -1.65. The second kappa shape index (κ2) is 6.01. The lowest BCUT2D eigenvalue weighted by atomic mass is 10.4. The molecule has 0 unspecified atom stereocenters. The van der Waals surface area contributed by atoms with Crippen molar-refractivity contribution >= 4 is 5.69 Å². The molecule has 1 rings (SSSR count). The van der Waals surface area contributed by atoms with E-state index >= 15 is 0 Å². The molecule has 0 aromatic carbocycles. The lowest BCUT2D eigenvalue weighted by Gasteiger charge is -2.11. The lowest BCUT2D eigenvalue weighted by Crippen LogP contribution is -2.21. The highest BCUT2D eigenvalue weighted by atomic mass is 19.4. The first-order valence-corrected chi connectivity index (χ1v) is 5.01. The molecule has 0 saturated carbocycles. The molecule has 0 bridgehead atoms.